The lowest BCUT2D eigenvalue weighted by atomic mass is 9.90. The van der Waals surface area contributed by atoms with Crippen molar-refractivity contribution in [2.45, 2.75) is 113 Å². The second kappa shape index (κ2) is 12.8. The minimum absolute atomic E-state index is 0.0402. The first-order chi connectivity index (χ1) is 15.4. The first-order valence-corrected chi connectivity index (χ1v) is 13.8. The van der Waals surface area contributed by atoms with Crippen molar-refractivity contribution in [3.8, 4) is 0 Å². The van der Waals surface area contributed by atoms with Gasteiger partial charge in [-0.15, -0.1) is 11.8 Å². The quantitative estimate of drug-likeness (QED) is 0.330. The number of thioether (sulfide) groups is 1. The molecule has 0 aliphatic heterocycles. The molecule has 1 aromatic heterocycles. The van der Waals surface area contributed by atoms with Crippen molar-refractivity contribution in [2.75, 3.05) is 11.1 Å². The maximum absolute atomic E-state index is 13.5. The fourth-order valence-electron chi connectivity index (χ4n) is 4.79. The van der Waals surface area contributed by atoms with Crippen molar-refractivity contribution in [3.05, 3.63) is 6.20 Å². The van der Waals surface area contributed by atoms with Crippen LogP contribution in [0.4, 0.5) is 9.93 Å². The van der Waals surface area contributed by atoms with E-state index in [-0.39, 0.29) is 30.6 Å². The number of nitrogens with one attached hydrogen (secondary N) is 1. The van der Waals surface area contributed by atoms with Crippen molar-refractivity contribution >= 4 is 40.2 Å². The van der Waals surface area contributed by atoms with E-state index in [1.165, 1.54) is 48.8 Å². The van der Waals surface area contributed by atoms with Crippen molar-refractivity contribution in [3.63, 3.8) is 0 Å². The van der Waals surface area contributed by atoms with E-state index in [2.05, 4.69) is 29.0 Å². The molecule has 180 valence electrons. The maximum atomic E-state index is 13.5. The highest BCUT2D eigenvalue weighted by atomic mass is 32.2. The average molecular weight is 484 g/mol. The van der Waals surface area contributed by atoms with Gasteiger partial charge >= 0.3 is 12.0 Å². The second-order valence-corrected chi connectivity index (χ2v) is 11.5. The molecule has 1 heterocycles. The highest BCUT2D eigenvalue weighted by Gasteiger charge is 2.34. The summed E-state index contributed by atoms with van der Waals surface area (Å²) in [7, 11) is 0. The van der Waals surface area contributed by atoms with Crippen LogP contribution in [0.15, 0.2) is 10.4 Å². The van der Waals surface area contributed by atoms with Gasteiger partial charge in [0.2, 0.25) is 0 Å². The van der Waals surface area contributed by atoms with Crippen molar-refractivity contribution in [1.29, 1.82) is 0 Å². The van der Waals surface area contributed by atoms with E-state index < -0.39 is 5.97 Å². The Labute approximate surface area is 199 Å². The molecule has 2 N–H and O–H groups in total. The van der Waals surface area contributed by atoms with Gasteiger partial charge in [0.1, 0.15) is 0 Å². The van der Waals surface area contributed by atoms with Gasteiger partial charge in [0, 0.05) is 17.8 Å². The van der Waals surface area contributed by atoms with Gasteiger partial charge in [0.05, 0.1) is 29.0 Å². The Kier molecular flexibility index (Phi) is 10.1. The summed E-state index contributed by atoms with van der Waals surface area (Å²) in [6, 6.07) is 0.491. The Morgan fingerprint density at radius 3 is 2.44 bits per heavy atom. The van der Waals surface area contributed by atoms with Crippen LogP contribution < -0.4 is 5.32 Å². The summed E-state index contributed by atoms with van der Waals surface area (Å²) >= 11 is 2.88. The Morgan fingerprint density at radius 2 is 1.81 bits per heavy atom. The molecular weight excluding hydrogens is 446 g/mol. The molecule has 0 bridgehead atoms. The number of aromatic nitrogens is 1. The minimum atomic E-state index is -0.803. The van der Waals surface area contributed by atoms with Crippen LogP contribution in [0.2, 0.25) is 0 Å². The molecule has 2 aliphatic carbocycles. The molecule has 2 amide bonds. The zero-order valence-electron chi connectivity index (χ0n) is 19.3. The van der Waals surface area contributed by atoms with Crippen LogP contribution in [0.1, 0.15) is 84.5 Å². The number of carboxylic acids is 1. The molecule has 1 aromatic rings. The summed E-state index contributed by atoms with van der Waals surface area (Å²) in [6.45, 7) is 4.17. The second-order valence-electron chi connectivity index (χ2n) is 9.07. The smallest absolute Gasteiger partial charge is 0.324 e. The van der Waals surface area contributed by atoms with E-state index in [9.17, 15) is 9.59 Å². The topological polar surface area (TPSA) is 91.8 Å². The molecule has 0 saturated heterocycles. The lowest BCUT2D eigenvalue weighted by Crippen LogP contribution is -2.50. The molecule has 0 spiro atoms. The van der Waals surface area contributed by atoms with Crippen LogP contribution in [0.25, 0.3) is 0 Å². The van der Waals surface area contributed by atoms with Gasteiger partial charge in [0.15, 0.2) is 5.13 Å². The number of anilines is 1. The Morgan fingerprint density at radius 1 is 1.16 bits per heavy atom. The molecule has 2 aliphatic rings. The summed E-state index contributed by atoms with van der Waals surface area (Å²) in [4.78, 5) is 30.7. The van der Waals surface area contributed by atoms with Gasteiger partial charge in [-0.05, 0) is 52.4 Å². The molecule has 0 aromatic carbocycles. The third-order valence-electron chi connectivity index (χ3n) is 6.21. The number of nitrogens with zero attached hydrogens (tertiary/aromatic N) is 2. The van der Waals surface area contributed by atoms with E-state index in [1.807, 2.05) is 0 Å². The number of rotatable bonds is 9. The zero-order valence-corrected chi connectivity index (χ0v) is 20.9. The monoisotopic (exact) mass is 483 g/mol. The van der Waals surface area contributed by atoms with E-state index in [0.717, 1.165) is 42.7 Å². The van der Waals surface area contributed by atoms with Crippen LogP contribution in [0.3, 0.4) is 0 Å². The van der Waals surface area contributed by atoms with Gasteiger partial charge in [0.25, 0.3) is 0 Å². The predicted molar refractivity (Wildman–Crippen MR) is 130 cm³/mol. The highest BCUT2D eigenvalue weighted by molar-refractivity contribution is 8.01. The third kappa shape index (κ3) is 7.92. The molecule has 3 rings (SSSR count). The Hall–Kier alpha value is -1.32. The number of hydrogen-bond donors (Lipinski definition) is 2. The van der Waals surface area contributed by atoms with Gasteiger partial charge in [-0.1, -0.05) is 37.0 Å². The number of carboxylic acid groups (broad SMARTS) is 1. The molecule has 9 heteroatoms. The largest absolute Gasteiger partial charge is 0.481 e. The molecule has 0 unspecified atom stereocenters. The average Bonchev–Trinajstić information content (AvgIpc) is 3.01. The van der Waals surface area contributed by atoms with Crippen molar-refractivity contribution < 1.29 is 19.4 Å². The van der Waals surface area contributed by atoms with Crippen molar-refractivity contribution in [2.24, 2.45) is 0 Å². The molecule has 0 radical (unpaired) electrons. The molecule has 7 nitrogen and oxygen atoms in total. The first kappa shape index (κ1) is 25.3. The van der Waals surface area contributed by atoms with E-state index >= 15 is 0 Å². The lowest BCUT2D eigenvalue weighted by Gasteiger charge is -2.41. The predicted octanol–water partition coefficient (Wildman–Crippen LogP) is 6.00. The maximum Gasteiger partial charge on any atom is 0.324 e. The summed E-state index contributed by atoms with van der Waals surface area (Å²) in [6.07, 6.45) is 13.4. The molecular formula is C23H37N3O4S2. The number of aliphatic carboxylic acids is 1. The highest BCUT2D eigenvalue weighted by Crippen LogP contribution is 2.33. The van der Waals surface area contributed by atoms with E-state index in [1.54, 1.807) is 6.20 Å². The Balaban J connectivity index is 1.63. The van der Waals surface area contributed by atoms with E-state index in [4.69, 9.17) is 9.84 Å². The first-order valence-electron chi connectivity index (χ1n) is 12.0. The van der Waals surface area contributed by atoms with Crippen LogP contribution in [0, 0.1) is 0 Å². The number of hydrogen-bond acceptors (Lipinski definition) is 6. The number of thiazole rings is 1. The Bertz CT molecular complexity index is 727. The summed E-state index contributed by atoms with van der Waals surface area (Å²) in [5.41, 5.74) is 0. The number of carbonyl (C=O) groups excluding carboxylic acids is 1. The van der Waals surface area contributed by atoms with Gasteiger partial charge in [-0.2, -0.15) is 0 Å². The van der Waals surface area contributed by atoms with Crippen LogP contribution in [-0.2, 0) is 9.53 Å². The fourth-order valence-corrected chi connectivity index (χ4v) is 6.66. The van der Waals surface area contributed by atoms with Gasteiger partial charge in [-0.25, -0.2) is 9.78 Å². The number of ether oxygens (including phenoxy) is 1. The van der Waals surface area contributed by atoms with Crippen LogP contribution in [0.5, 0.6) is 0 Å². The summed E-state index contributed by atoms with van der Waals surface area (Å²) in [5, 5.41) is 12.4. The summed E-state index contributed by atoms with van der Waals surface area (Å²) in [5.74, 6) is -0.302. The van der Waals surface area contributed by atoms with Crippen molar-refractivity contribution in [1.82, 2.24) is 9.88 Å². The van der Waals surface area contributed by atoms with Gasteiger partial charge < -0.3 is 14.7 Å². The number of urea groups is 1. The zero-order chi connectivity index (χ0) is 22.9. The number of carbonyl (C=O) groups is 2. The van der Waals surface area contributed by atoms with Gasteiger partial charge in [-0.3, -0.25) is 10.1 Å². The minimum Gasteiger partial charge on any atom is -0.481 e. The molecule has 2 saturated carbocycles. The number of amides is 2. The molecule has 32 heavy (non-hydrogen) atoms. The molecule has 2 fully saturated rings. The third-order valence-corrected chi connectivity index (χ3v) is 8.32. The molecule has 0 atom stereocenters. The SMILES string of the molecule is CC(C)O[C@H]1CC[C@H](N(C(=O)Nc2ncc(SCCC(=O)O)s2)C2CCCCCC2)CC1. The normalized spacial score (nSPS) is 22.5. The van der Waals surface area contributed by atoms with E-state index in [0.29, 0.717) is 17.0 Å². The fraction of sp³-hybridized carbons (Fsp3) is 0.783. The summed E-state index contributed by atoms with van der Waals surface area (Å²) < 4.78 is 6.95. The van der Waals surface area contributed by atoms with Crippen LogP contribution >= 0.6 is 23.1 Å². The van der Waals surface area contributed by atoms with Crippen LogP contribution in [-0.4, -0.2) is 57.0 Å². The standard InChI is InChI=1S/C23H37N3O4S2/c1-16(2)30-19-11-9-18(10-12-19)26(17-7-5-3-4-6-8-17)23(29)25-22-24-15-21(32-22)31-14-13-20(27)28/h15-19H,3-14H2,1-2H3,(H,27,28)(H,24,25,29)/t18-,19-. The lowest BCUT2D eigenvalue weighted by molar-refractivity contribution is -0.136.